The maximum absolute atomic E-state index is 6.04. The smallest absolute Gasteiger partial charge is 0.158 e. The minimum Gasteiger partial charge on any atom is -0.312 e. The summed E-state index contributed by atoms with van der Waals surface area (Å²) < 4.78 is 4.18. The Morgan fingerprint density at radius 2 is 2.05 bits per heavy atom. The predicted molar refractivity (Wildman–Crippen MR) is 79.5 cm³/mol. The highest BCUT2D eigenvalue weighted by Gasteiger charge is 2.18. The second-order valence-corrected chi connectivity index (χ2v) is 5.76. The van der Waals surface area contributed by atoms with Gasteiger partial charge in [-0.05, 0) is 18.8 Å². The molecule has 0 unspecified atom stereocenters. The van der Waals surface area contributed by atoms with E-state index in [1.54, 1.807) is 0 Å². The lowest BCUT2D eigenvalue weighted by molar-refractivity contribution is 0.510. The standard InChI is InChI=1S/C14H23ClN4/c1-5-6-11-13-14(18(4)17-11)19(8-7-10(2)3)12(9-15)16-13/h10H,5-9H2,1-4H3. The number of nitrogens with zero attached hydrogens (tertiary/aromatic N) is 4. The van der Waals surface area contributed by atoms with Crippen molar-refractivity contribution in [3.05, 3.63) is 11.5 Å². The molecule has 2 aromatic rings. The van der Waals surface area contributed by atoms with E-state index in [0.29, 0.717) is 11.8 Å². The van der Waals surface area contributed by atoms with Gasteiger partial charge < -0.3 is 4.57 Å². The maximum Gasteiger partial charge on any atom is 0.158 e. The molecule has 0 N–H and O–H groups in total. The second-order valence-electron chi connectivity index (χ2n) is 5.49. The van der Waals surface area contributed by atoms with Gasteiger partial charge in [-0.2, -0.15) is 5.10 Å². The zero-order valence-electron chi connectivity index (χ0n) is 12.3. The van der Waals surface area contributed by atoms with Crippen molar-refractivity contribution in [2.24, 2.45) is 13.0 Å². The summed E-state index contributed by atoms with van der Waals surface area (Å²) in [4.78, 5) is 4.70. The Hall–Kier alpha value is -1.03. The van der Waals surface area contributed by atoms with Gasteiger partial charge in [-0.1, -0.05) is 27.2 Å². The molecule has 4 nitrogen and oxygen atoms in total. The summed E-state index contributed by atoms with van der Waals surface area (Å²) in [5.74, 6) is 2.09. The van der Waals surface area contributed by atoms with Crippen molar-refractivity contribution in [2.75, 3.05) is 0 Å². The molecule has 0 fully saturated rings. The van der Waals surface area contributed by atoms with Crippen LogP contribution in [-0.2, 0) is 25.9 Å². The molecule has 2 heterocycles. The normalized spacial score (nSPS) is 11.9. The third-order valence-electron chi connectivity index (χ3n) is 3.41. The van der Waals surface area contributed by atoms with E-state index in [0.717, 1.165) is 48.5 Å². The van der Waals surface area contributed by atoms with Crippen LogP contribution in [0.4, 0.5) is 0 Å². The lowest BCUT2D eigenvalue weighted by Gasteiger charge is -2.09. The highest BCUT2D eigenvalue weighted by Crippen LogP contribution is 2.22. The summed E-state index contributed by atoms with van der Waals surface area (Å²) in [6, 6.07) is 0. The summed E-state index contributed by atoms with van der Waals surface area (Å²) in [5.41, 5.74) is 3.23. The second kappa shape index (κ2) is 5.95. The molecule has 106 valence electrons. The summed E-state index contributed by atoms with van der Waals surface area (Å²) in [7, 11) is 1.99. The van der Waals surface area contributed by atoms with Crippen LogP contribution in [0.2, 0.25) is 0 Å². The summed E-state index contributed by atoms with van der Waals surface area (Å²) in [6.45, 7) is 7.60. The molecule has 0 amide bonds. The molecular formula is C14H23ClN4. The third kappa shape index (κ3) is 2.78. The summed E-state index contributed by atoms with van der Waals surface area (Å²) >= 11 is 6.04. The molecule has 0 saturated carbocycles. The van der Waals surface area contributed by atoms with Gasteiger partial charge in [0, 0.05) is 13.6 Å². The molecule has 0 aliphatic carbocycles. The Bertz CT molecular complexity index is 553. The summed E-state index contributed by atoms with van der Waals surface area (Å²) in [6.07, 6.45) is 3.19. The van der Waals surface area contributed by atoms with Gasteiger partial charge in [0.15, 0.2) is 5.65 Å². The topological polar surface area (TPSA) is 35.6 Å². The van der Waals surface area contributed by atoms with Crippen LogP contribution in [0.5, 0.6) is 0 Å². The molecule has 5 heteroatoms. The van der Waals surface area contributed by atoms with Crippen molar-refractivity contribution in [1.29, 1.82) is 0 Å². The summed E-state index contributed by atoms with van der Waals surface area (Å²) in [5, 5.41) is 4.59. The van der Waals surface area contributed by atoms with E-state index in [-0.39, 0.29) is 0 Å². The first-order valence-corrected chi connectivity index (χ1v) is 7.58. The lowest BCUT2D eigenvalue weighted by atomic mass is 10.1. The number of halogens is 1. The maximum atomic E-state index is 6.04. The van der Waals surface area contributed by atoms with Crippen molar-refractivity contribution < 1.29 is 0 Å². The zero-order valence-corrected chi connectivity index (χ0v) is 13.0. The molecule has 2 rings (SSSR count). The van der Waals surface area contributed by atoms with Crippen LogP contribution < -0.4 is 0 Å². The van der Waals surface area contributed by atoms with Gasteiger partial charge in [-0.3, -0.25) is 4.68 Å². The van der Waals surface area contributed by atoms with Crippen molar-refractivity contribution >= 4 is 22.8 Å². The molecule has 0 bridgehead atoms. The molecule has 0 aliphatic rings. The number of hydrogen-bond donors (Lipinski definition) is 0. The van der Waals surface area contributed by atoms with Gasteiger partial charge in [0.2, 0.25) is 0 Å². The van der Waals surface area contributed by atoms with E-state index in [1.807, 2.05) is 11.7 Å². The van der Waals surface area contributed by atoms with Gasteiger partial charge in [0.1, 0.15) is 11.3 Å². The number of rotatable bonds is 6. The van der Waals surface area contributed by atoms with Gasteiger partial charge in [0.25, 0.3) is 0 Å². The number of alkyl halides is 1. The van der Waals surface area contributed by atoms with Crippen LogP contribution >= 0.6 is 11.6 Å². The van der Waals surface area contributed by atoms with Crippen LogP contribution in [0.25, 0.3) is 11.2 Å². The Morgan fingerprint density at radius 1 is 1.32 bits per heavy atom. The number of aryl methyl sites for hydroxylation is 3. The first-order chi connectivity index (χ1) is 9.08. The molecular weight excluding hydrogens is 260 g/mol. The first-order valence-electron chi connectivity index (χ1n) is 7.05. The SMILES string of the molecule is CCCc1nn(C)c2c1nc(CCl)n2CCC(C)C. The fraction of sp³-hybridized carbons (Fsp3) is 0.714. The minimum atomic E-state index is 0.457. The largest absolute Gasteiger partial charge is 0.312 e. The number of fused-ring (bicyclic) bond motifs is 1. The van der Waals surface area contributed by atoms with E-state index >= 15 is 0 Å². The van der Waals surface area contributed by atoms with E-state index in [4.69, 9.17) is 16.6 Å². The molecule has 0 aliphatic heterocycles. The van der Waals surface area contributed by atoms with Crippen LogP contribution in [0, 0.1) is 5.92 Å². The van der Waals surface area contributed by atoms with Crippen molar-refractivity contribution in [1.82, 2.24) is 19.3 Å². The Kier molecular flexibility index (Phi) is 4.50. The molecule has 19 heavy (non-hydrogen) atoms. The van der Waals surface area contributed by atoms with Gasteiger partial charge >= 0.3 is 0 Å². The highest BCUT2D eigenvalue weighted by molar-refractivity contribution is 6.16. The molecule has 0 radical (unpaired) electrons. The van der Waals surface area contributed by atoms with Crippen LogP contribution in [0.1, 0.15) is 45.1 Å². The quantitative estimate of drug-likeness (QED) is 0.760. The van der Waals surface area contributed by atoms with E-state index in [9.17, 15) is 0 Å². The molecule has 0 atom stereocenters. The molecule has 0 spiro atoms. The zero-order chi connectivity index (χ0) is 14.0. The van der Waals surface area contributed by atoms with Gasteiger partial charge in [0.05, 0.1) is 11.6 Å². The molecule has 0 saturated heterocycles. The average Bonchev–Trinajstić information content (AvgIpc) is 2.86. The van der Waals surface area contributed by atoms with Gasteiger partial charge in [-0.25, -0.2) is 4.98 Å². The number of hydrogen-bond acceptors (Lipinski definition) is 2. The number of imidazole rings is 1. The fourth-order valence-corrected chi connectivity index (χ4v) is 2.62. The Labute approximate surface area is 119 Å². The lowest BCUT2D eigenvalue weighted by Crippen LogP contribution is -2.08. The Balaban J connectivity index is 2.47. The van der Waals surface area contributed by atoms with Crippen LogP contribution in [0.15, 0.2) is 0 Å². The van der Waals surface area contributed by atoms with E-state index < -0.39 is 0 Å². The monoisotopic (exact) mass is 282 g/mol. The predicted octanol–water partition coefficient (Wildman–Crippen LogP) is 3.51. The van der Waals surface area contributed by atoms with E-state index in [1.165, 1.54) is 0 Å². The van der Waals surface area contributed by atoms with E-state index in [2.05, 4.69) is 30.4 Å². The van der Waals surface area contributed by atoms with Crippen LogP contribution in [0.3, 0.4) is 0 Å². The Morgan fingerprint density at radius 3 is 2.63 bits per heavy atom. The van der Waals surface area contributed by atoms with Crippen molar-refractivity contribution in [3.63, 3.8) is 0 Å². The number of aromatic nitrogens is 4. The third-order valence-corrected chi connectivity index (χ3v) is 3.65. The average molecular weight is 283 g/mol. The minimum absolute atomic E-state index is 0.457. The first kappa shape index (κ1) is 14.4. The highest BCUT2D eigenvalue weighted by atomic mass is 35.5. The molecule has 0 aromatic carbocycles. The molecule has 2 aromatic heterocycles. The van der Waals surface area contributed by atoms with Crippen LogP contribution in [-0.4, -0.2) is 19.3 Å². The van der Waals surface area contributed by atoms with Gasteiger partial charge in [-0.15, -0.1) is 11.6 Å². The van der Waals surface area contributed by atoms with Crippen molar-refractivity contribution in [3.8, 4) is 0 Å². The fourth-order valence-electron chi connectivity index (χ4n) is 2.42. The van der Waals surface area contributed by atoms with Crippen molar-refractivity contribution in [2.45, 2.75) is 52.5 Å².